The molecule has 5 unspecified atom stereocenters. The van der Waals surface area contributed by atoms with E-state index in [0.717, 1.165) is 32.1 Å². The van der Waals surface area contributed by atoms with Gasteiger partial charge in [0.25, 0.3) is 0 Å². The monoisotopic (exact) mass is 420 g/mol. The Kier molecular flexibility index (Phi) is 6.07. The molecule has 4 fully saturated rings. The van der Waals surface area contributed by atoms with Crippen LogP contribution in [-0.4, -0.2) is 33.5 Å². The number of rotatable bonds is 5. The molecule has 4 nitrogen and oxygen atoms in total. The number of aliphatic hydroxyl groups excluding tert-OH is 2. The van der Waals surface area contributed by atoms with Crippen molar-refractivity contribution in [2.24, 2.45) is 52.3 Å². The Labute approximate surface area is 182 Å². The normalized spacial score (nSPS) is 51.5. The summed E-state index contributed by atoms with van der Waals surface area (Å²) in [4.78, 5) is 11.1. The summed E-state index contributed by atoms with van der Waals surface area (Å²) in [7, 11) is 0. The molecule has 4 saturated carbocycles. The topological polar surface area (TPSA) is 77.8 Å². The number of carboxylic acids is 1. The van der Waals surface area contributed by atoms with Gasteiger partial charge in [0.1, 0.15) is 0 Å². The summed E-state index contributed by atoms with van der Waals surface area (Å²) in [6.45, 7) is 9.44. The second-order valence-electron chi connectivity index (χ2n) is 12.0. The van der Waals surface area contributed by atoms with Crippen LogP contribution < -0.4 is 0 Å². The van der Waals surface area contributed by atoms with Gasteiger partial charge in [0.2, 0.25) is 0 Å². The molecule has 4 heteroatoms. The number of aliphatic carboxylic acids is 1. The second-order valence-corrected chi connectivity index (χ2v) is 12.0. The molecule has 3 N–H and O–H groups in total. The maximum Gasteiger partial charge on any atom is 0.303 e. The van der Waals surface area contributed by atoms with Crippen molar-refractivity contribution >= 4 is 5.97 Å². The summed E-state index contributed by atoms with van der Waals surface area (Å²) in [6.07, 6.45) is 9.27. The number of hydrogen-bond donors (Lipinski definition) is 3. The average Bonchev–Trinajstić information content (AvgIpc) is 3.05. The zero-order valence-electron chi connectivity index (χ0n) is 19.5. The lowest BCUT2D eigenvalue weighted by Gasteiger charge is -2.64. The summed E-state index contributed by atoms with van der Waals surface area (Å²) >= 11 is 0. The molecule has 0 bridgehead atoms. The van der Waals surface area contributed by atoms with Crippen LogP contribution in [0, 0.1) is 52.3 Å². The third-order valence-corrected chi connectivity index (χ3v) is 11.0. The van der Waals surface area contributed by atoms with Gasteiger partial charge in [-0.25, -0.2) is 0 Å². The molecule has 0 aromatic carbocycles. The lowest BCUT2D eigenvalue weighted by molar-refractivity contribution is -0.203. The fourth-order valence-electron chi connectivity index (χ4n) is 9.48. The number of carboxylic acid groups (broad SMARTS) is 1. The molecule has 0 radical (unpaired) electrons. The van der Waals surface area contributed by atoms with E-state index >= 15 is 0 Å². The van der Waals surface area contributed by atoms with E-state index in [1.165, 1.54) is 25.7 Å². The molecular formula is C26H44O4. The molecule has 0 saturated heterocycles. The Morgan fingerprint density at radius 1 is 1.00 bits per heavy atom. The van der Waals surface area contributed by atoms with E-state index in [9.17, 15) is 15.0 Å². The van der Waals surface area contributed by atoms with Gasteiger partial charge < -0.3 is 15.3 Å². The summed E-state index contributed by atoms with van der Waals surface area (Å²) < 4.78 is 0. The molecule has 0 amide bonds. The first kappa shape index (κ1) is 22.6. The lowest BCUT2D eigenvalue weighted by atomic mass is 9.41. The van der Waals surface area contributed by atoms with Crippen LogP contribution in [0.3, 0.4) is 0 Å². The maximum atomic E-state index is 11.7. The second kappa shape index (κ2) is 8.06. The fourth-order valence-corrected chi connectivity index (χ4v) is 9.48. The first-order valence-corrected chi connectivity index (χ1v) is 12.7. The van der Waals surface area contributed by atoms with Crippen LogP contribution in [-0.2, 0) is 4.79 Å². The van der Waals surface area contributed by atoms with Crippen LogP contribution >= 0.6 is 0 Å². The van der Waals surface area contributed by atoms with Gasteiger partial charge in [0, 0.05) is 6.42 Å². The van der Waals surface area contributed by atoms with Crippen molar-refractivity contribution in [1.82, 2.24) is 0 Å². The minimum atomic E-state index is -0.683. The van der Waals surface area contributed by atoms with Crippen LogP contribution in [0.1, 0.15) is 91.9 Å². The predicted molar refractivity (Wildman–Crippen MR) is 118 cm³/mol. The van der Waals surface area contributed by atoms with Crippen LogP contribution in [0.2, 0.25) is 0 Å². The molecule has 0 spiro atoms. The van der Waals surface area contributed by atoms with E-state index in [4.69, 9.17) is 5.11 Å². The molecule has 0 aromatic rings. The zero-order valence-corrected chi connectivity index (χ0v) is 19.5. The van der Waals surface area contributed by atoms with Crippen LogP contribution in [0.4, 0.5) is 0 Å². The minimum Gasteiger partial charge on any atom is -0.481 e. The summed E-state index contributed by atoms with van der Waals surface area (Å²) in [6, 6.07) is 0. The molecule has 4 rings (SSSR count). The molecule has 0 aliphatic heterocycles. The Morgan fingerprint density at radius 2 is 1.67 bits per heavy atom. The first-order chi connectivity index (χ1) is 14.1. The van der Waals surface area contributed by atoms with E-state index in [1.807, 2.05) is 0 Å². The van der Waals surface area contributed by atoms with Crippen molar-refractivity contribution in [3.8, 4) is 0 Å². The van der Waals surface area contributed by atoms with Gasteiger partial charge >= 0.3 is 5.97 Å². The van der Waals surface area contributed by atoms with E-state index in [2.05, 4.69) is 27.7 Å². The Hall–Kier alpha value is -0.610. The van der Waals surface area contributed by atoms with E-state index in [1.54, 1.807) is 0 Å². The average molecular weight is 421 g/mol. The number of fused-ring (bicyclic) bond motifs is 5. The Balaban J connectivity index is 1.61. The van der Waals surface area contributed by atoms with Gasteiger partial charge in [-0.05, 0) is 104 Å². The van der Waals surface area contributed by atoms with Crippen LogP contribution in [0.5, 0.6) is 0 Å². The molecule has 0 heterocycles. The fraction of sp³-hybridized carbons (Fsp3) is 0.962. The highest BCUT2D eigenvalue weighted by Crippen LogP contribution is 2.69. The van der Waals surface area contributed by atoms with Crippen molar-refractivity contribution in [3.05, 3.63) is 0 Å². The third-order valence-electron chi connectivity index (χ3n) is 11.0. The minimum absolute atomic E-state index is 0.194. The van der Waals surface area contributed by atoms with Gasteiger partial charge in [0.05, 0.1) is 12.2 Å². The van der Waals surface area contributed by atoms with Crippen molar-refractivity contribution in [1.29, 1.82) is 0 Å². The zero-order chi connectivity index (χ0) is 21.8. The SMILES string of the molecule is CC[C@@H]1C2C[C@H](O)CC[C@]2(C)C2CC[C@@]3(C)C(CCC3[C@@H](C)CCC(=O)O)C2[C@@H]1O. The molecule has 172 valence electrons. The van der Waals surface area contributed by atoms with Gasteiger partial charge in [-0.3, -0.25) is 4.79 Å². The van der Waals surface area contributed by atoms with Gasteiger partial charge in [-0.1, -0.05) is 34.1 Å². The standard InChI is InChI=1S/C26H44O4/c1-5-17-21-14-16(27)10-12-26(21,4)20-11-13-25(3)18(15(2)6-9-22(28)29)7-8-19(25)23(20)24(17)30/h15-21,23-24,27,30H,5-14H2,1-4H3,(H,28,29)/t15-,16+,17+,18?,19?,20?,21?,23?,24+,25+,26+/m0/s1. The summed E-state index contributed by atoms with van der Waals surface area (Å²) in [5.74, 6) is 2.58. The van der Waals surface area contributed by atoms with Crippen molar-refractivity contribution in [2.75, 3.05) is 0 Å². The Bertz CT molecular complexity index is 649. The highest BCUT2D eigenvalue weighted by molar-refractivity contribution is 5.66. The summed E-state index contributed by atoms with van der Waals surface area (Å²) in [5.41, 5.74) is 0.480. The highest BCUT2D eigenvalue weighted by Gasteiger charge is 2.64. The number of hydrogen-bond acceptors (Lipinski definition) is 3. The number of aliphatic hydroxyl groups is 2. The predicted octanol–water partition coefficient (Wildman–Crippen LogP) is 5.11. The third kappa shape index (κ3) is 3.36. The molecule has 30 heavy (non-hydrogen) atoms. The van der Waals surface area contributed by atoms with Gasteiger partial charge in [-0.2, -0.15) is 0 Å². The van der Waals surface area contributed by atoms with Crippen LogP contribution in [0.15, 0.2) is 0 Å². The molecule has 11 atom stereocenters. The largest absolute Gasteiger partial charge is 0.481 e. The first-order valence-electron chi connectivity index (χ1n) is 12.7. The summed E-state index contributed by atoms with van der Waals surface area (Å²) in [5, 5.41) is 31.3. The molecule has 4 aliphatic rings. The van der Waals surface area contributed by atoms with Crippen molar-refractivity contribution in [3.63, 3.8) is 0 Å². The van der Waals surface area contributed by atoms with Crippen molar-refractivity contribution in [2.45, 2.75) is 104 Å². The van der Waals surface area contributed by atoms with E-state index in [-0.39, 0.29) is 29.5 Å². The lowest BCUT2D eigenvalue weighted by Crippen LogP contribution is -2.62. The van der Waals surface area contributed by atoms with Gasteiger partial charge in [-0.15, -0.1) is 0 Å². The maximum absolute atomic E-state index is 11.7. The molecular weight excluding hydrogens is 376 g/mol. The van der Waals surface area contributed by atoms with Crippen LogP contribution in [0.25, 0.3) is 0 Å². The van der Waals surface area contributed by atoms with Gasteiger partial charge in [0.15, 0.2) is 0 Å². The highest BCUT2D eigenvalue weighted by atomic mass is 16.4. The molecule has 4 aliphatic carbocycles. The van der Waals surface area contributed by atoms with E-state index in [0.29, 0.717) is 41.4 Å². The quantitative estimate of drug-likeness (QED) is 0.577. The number of carbonyl (C=O) groups is 1. The Morgan fingerprint density at radius 3 is 2.33 bits per heavy atom. The van der Waals surface area contributed by atoms with Crippen molar-refractivity contribution < 1.29 is 20.1 Å². The molecule has 0 aromatic heterocycles. The smallest absolute Gasteiger partial charge is 0.303 e. The van der Waals surface area contributed by atoms with E-state index < -0.39 is 5.97 Å².